The van der Waals surface area contributed by atoms with E-state index in [-0.39, 0.29) is 12.4 Å². The van der Waals surface area contributed by atoms with E-state index >= 15 is 0 Å². The van der Waals surface area contributed by atoms with Gasteiger partial charge in [0.1, 0.15) is 0 Å². The molecule has 0 saturated heterocycles. The molecule has 0 aliphatic heterocycles. The average molecular weight is 266 g/mol. The molecule has 3 rings (SSSR count). The Hall–Kier alpha value is -0.530. The van der Waals surface area contributed by atoms with E-state index in [4.69, 9.17) is 0 Å². The predicted molar refractivity (Wildman–Crippen MR) is 79.4 cm³/mol. The minimum atomic E-state index is 0. The van der Waals surface area contributed by atoms with Gasteiger partial charge in [0.2, 0.25) is 0 Å². The highest BCUT2D eigenvalue weighted by atomic mass is 35.5. The molecule has 1 N–H and O–H groups in total. The Bertz CT molecular complexity index is 345. The Kier molecular flexibility index (Phi) is 5.08. The van der Waals surface area contributed by atoms with Crippen molar-refractivity contribution in [1.82, 2.24) is 5.32 Å². The molecule has 100 valence electrons. The van der Waals surface area contributed by atoms with E-state index < -0.39 is 0 Å². The molecule has 2 aliphatic carbocycles. The minimum Gasteiger partial charge on any atom is -0.314 e. The Morgan fingerprint density at radius 3 is 2.44 bits per heavy atom. The van der Waals surface area contributed by atoms with Gasteiger partial charge >= 0.3 is 0 Å². The third-order valence-electron chi connectivity index (χ3n) is 4.42. The van der Waals surface area contributed by atoms with Crippen LogP contribution >= 0.6 is 12.4 Å². The van der Waals surface area contributed by atoms with E-state index in [1.165, 1.54) is 45.1 Å². The monoisotopic (exact) mass is 265 g/mol. The Balaban J connectivity index is 0.00000120. The van der Waals surface area contributed by atoms with Gasteiger partial charge in [-0.2, -0.15) is 0 Å². The van der Waals surface area contributed by atoms with E-state index in [1.807, 2.05) is 0 Å². The van der Waals surface area contributed by atoms with Crippen LogP contribution in [0.2, 0.25) is 0 Å². The van der Waals surface area contributed by atoms with Crippen LogP contribution in [0.3, 0.4) is 0 Å². The molecule has 18 heavy (non-hydrogen) atoms. The summed E-state index contributed by atoms with van der Waals surface area (Å²) in [6.45, 7) is 1.24. The zero-order valence-corrected chi connectivity index (χ0v) is 11.8. The van der Waals surface area contributed by atoms with Gasteiger partial charge in [0.15, 0.2) is 0 Å². The summed E-state index contributed by atoms with van der Waals surface area (Å²) >= 11 is 0. The van der Waals surface area contributed by atoms with Gasteiger partial charge in [-0.25, -0.2) is 0 Å². The third-order valence-corrected chi connectivity index (χ3v) is 4.42. The van der Waals surface area contributed by atoms with Crippen molar-refractivity contribution >= 4 is 12.4 Å². The fraction of sp³-hybridized carbons (Fsp3) is 0.625. The van der Waals surface area contributed by atoms with Gasteiger partial charge in [-0.05, 0) is 43.2 Å². The SMILES string of the molecule is Cl.c1ccc(C2CC2CNC2CCCCC2)cc1. The van der Waals surface area contributed by atoms with E-state index in [0.29, 0.717) is 0 Å². The molecule has 0 bridgehead atoms. The van der Waals surface area contributed by atoms with Crippen molar-refractivity contribution in [1.29, 1.82) is 0 Å². The van der Waals surface area contributed by atoms with Gasteiger partial charge in [-0.15, -0.1) is 12.4 Å². The summed E-state index contributed by atoms with van der Waals surface area (Å²) in [5, 5.41) is 3.78. The fourth-order valence-corrected chi connectivity index (χ4v) is 3.21. The van der Waals surface area contributed by atoms with Crippen LogP contribution < -0.4 is 5.32 Å². The van der Waals surface area contributed by atoms with Crippen LogP contribution in [0.4, 0.5) is 0 Å². The highest BCUT2D eigenvalue weighted by Gasteiger charge is 2.37. The van der Waals surface area contributed by atoms with Crippen LogP contribution in [0.5, 0.6) is 0 Å². The third kappa shape index (κ3) is 3.49. The van der Waals surface area contributed by atoms with Crippen LogP contribution in [0, 0.1) is 5.92 Å². The first-order valence-electron chi connectivity index (χ1n) is 7.22. The molecule has 2 fully saturated rings. The lowest BCUT2D eigenvalue weighted by molar-refractivity contribution is 0.368. The maximum absolute atomic E-state index is 3.78. The van der Waals surface area contributed by atoms with E-state index in [1.54, 1.807) is 5.56 Å². The van der Waals surface area contributed by atoms with Crippen molar-refractivity contribution in [2.75, 3.05) is 6.54 Å². The molecule has 0 spiro atoms. The smallest absolute Gasteiger partial charge is 0.00671 e. The topological polar surface area (TPSA) is 12.0 Å². The maximum Gasteiger partial charge on any atom is 0.00671 e. The van der Waals surface area contributed by atoms with Crippen LogP contribution in [0.1, 0.15) is 50.0 Å². The quantitative estimate of drug-likeness (QED) is 0.863. The molecule has 2 unspecified atom stereocenters. The Labute approximate surface area is 117 Å². The van der Waals surface area contributed by atoms with Crippen LogP contribution in [0.15, 0.2) is 30.3 Å². The molecule has 0 heterocycles. The van der Waals surface area contributed by atoms with Crippen LogP contribution in [-0.2, 0) is 0 Å². The highest BCUT2D eigenvalue weighted by molar-refractivity contribution is 5.85. The van der Waals surface area contributed by atoms with Crippen LogP contribution in [-0.4, -0.2) is 12.6 Å². The minimum absolute atomic E-state index is 0. The second-order valence-electron chi connectivity index (χ2n) is 5.76. The van der Waals surface area contributed by atoms with Gasteiger partial charge in [-0.3, -0.25) is 0 Å². The number of rotatable bonds is 4. The predicted octanol–water partition coefficient (Wildman–Crippen LogP) is 4.13. The molecule has 0 amide bonds. The van der Waals surface area contributed by atoms with Crippen molar-refractivity contribution in [2.24, 2.45) is 5.92 Å². The van der Waals surface area contributed by atoms with Crippen molar-refractivity contribution in [3.8, 4) is 0 Å². The summed E-state index contributed by atoms with van der Waals surface area (Å²) < 4.78 is 0. The molecular formula is C16H24ClN. The summed E-state index contributed by atoms with van der Waals surface area (Å²) in [4.78, 5) is 0. The first-order chi connectivity index (χ1) is 8.43. The molecule has 1 nitrogen and oxygen atoms in total. The van der Waals surface area contributed by atoms with Gasteiger partial charge < -0.3 is 5.32 Å². The molecule has 2 atom stereocenters. The normalized spacial score (nSPS) is 27.6. The van der Waals surface area contributed by atoms with Gasteiger partial charge in [0.05, 0.1) is 0 Å². The Morgan fingerprint density at radius 2 is 1.72 bits per heavy atom. The molecule has 1 aromatic rings. The lowest BCUT2D eigenvalue weighted by Crippen LogP contribution is -2.32. The summed E-state index contributed by atoms with van der Waals surface area (Å²) in [6.07, 6.45) is 8.53. The molecule has 2 saturated carbocycles. The van der Waals surface area contributed by atoms with Gasteiger partial charge in [0, 0.05) is 6.04 Å². The maximum atomic E-state index is 3.78. The van der Waals surface area contributed by atoms with Crippen molar-refractivity contribution in [3.05, 3.63) is 35.9 Å². The first-order valence-corrected chi connectivity index (χ1v) is 7.22. The second-order valence-corrected chi connectivity index (χ2v) is 5.76. The number of hydrogen-bond donors (Lipinski definition) is 1. The largest absolute Gasteiger partial charge is 0.314 e. The lowest BCUT2D eigenvalue weighted by Gasteiger charge is -2.22. The molecule has 2 heteroatoms. The van der Waals surface area contributed by atoms with Crippen molar-refractivity contribution < 1.29 is 0 Å². The number of nitrogens with one attached hydrogen (secondary N) is 1. The lowest BCUT2D eigenvalue weighted by atomic mass is 9.95. The van der Waals surface area contributed by atoms with E-state index in [9.17, 15) is 0 Å². The molecule has 2 aliphatic rings. The highest BCUT2D eigenvalue weighted by Crippen LogP contribution is 2.46. The molecule has 0 aromatic heterocycles. The number of hydrogen-bond acceptors (Lipinski definition) is 1. The molecular weight excluding hydrogens is 242 g/mol. The van der Waals surface area contributed by atoms with E-state index in [2.05, 4.69) is 35.6 Å². The fourth-order valence-electron chi connectivity index (χ4n) is 3.21. The van der Waals surface area contributed by atoms with Crippen molar-refractivity contribution in [2.45, 2.75) is 50.5 Å². The summed E-state index contributed by atoms with van der Waals surface area (Å²) in [5.74, 6) is 1.74. The van der Waals surface area contributed by atoms with E-state index in [0.717, 1.165) is 17.9 Å². The first kappa shape index (κ1) is 13.9. The van der Waals surface area contributed by atoms with Gasteiger partial charge in [-0.1, -0.05) is 49.6 Å². The second kappa shape index (κ2) is 6.58. The molecule has 0 radical (unpaired) electrons. The Morgan fingerprint density at radius 1 is 1.00 bits per heavy atom. The summed E-state index contributed by atoms with van der Waals surface area (Å²) in [5.41, 5.74) is 1.54. The molecule has 1 aromatic carbocycles. The summed E-state index contributed by atoms with van der Waals surface area (Å²) in [6, 6.07) is 11.8. The van der Waals surface area contributed by atoms with Crippen molar-refractivity contribution in [3.63, 3.8) is 0 Å². The zero-order valence-electron chi connectivity index (χ0n) is 11.0. The number of benzene rings is 1. The zero-order chi connectivity index (χ0) is 11.5. The standard InChI is InChI=1S/C16H23N.ClH/c1-3-7-13(8-4-1)16-11-14(16)12-17-15-9-5-2-6-10-15;/h1,3-4,7-8,14-17H,2,5-6,9-12H2;1H. The number of halogens is 1. The van der Waals surface area contributed by atoms with Crippen LogP contribution in [0.25, 0.3) is 0 Å². The average Bonchev–Trinajstić information content (AvgIpc) is 3.18. The van der Waals surface area contributed by atoms with Gasteiger partial charge in [0.25, 0.3) is 0 Å². The summed E-state index contributed by atoms with van der Waals surface area (Å²) in [7, 11) is 0.